The van der Waals surface area contributed by atoms with E-state index in [9.17, 15) is 0 Å². The van der Waals surface area contributed by atoms with Gasteiger partial charge in [-0.15, -0.1) is 0 Å². The topological polar surface area (TPSA) is 21.3 Å². The second-order valence-electron chi connectivity index (χ2n) is 4.78. The van der Waals surface area contributed by atoms with Crippen molar-refractivity contribution in [3.8, 4) is 5.75 Å². The lowest BCUT2D eigenvalue weighted by atomic mass is 9.97. The first-order chi connectivity index (χ1) is 8.64. The molecule has 0 spiro atoms. The van der Waals surface area contributed by atoms with E-state index in [1.54, 1.807) is 0 Å². The van der Waals surface area contributed by atoms with Crippen LogP contribution in [-0.2, 0) is 0 Å². The molecule has 2 rings (SSSR count). The number of halogens is 2. The molecular formula is C14H19ClINO. The third-order valence-electron chi connectivity index (χ3n) is 3.36. The minimum Gasteiger partial charge on any atom is -0.477 e. The van der Waals surface area contributed by atoms with Gasteiger partial charge in [0.15, 0.2) is 3.61 Å². The molecular weight excluding hydrogens is 361 g/mol. The van der Waals surface area contributed by atoms with Crippen LogP contribution in [0.5, 0.6) is 5.75 Å². The zero-order valence-electron chi connectivity index (χ0n) is 10.6. The molecule has 0 bridgehead atoms. The Bertz CT molecular complexity index is 378. The maximum absolute atomic E-state index is 6.27. The highest BCUT2D eigenvalue weighted by Crippen LogP contribution is 2.39. The first kappa shape index (κ1) is 14.4. The van der Waals surface area contributed by atoms with Crippen LogP contribution in [0.25, 0.3) is 0 Å². The summed E-state index contributed by atoms with van der Waals surface area (Å²) in [5.41, 5.74) is 0. The number of alkyl halides is 1. The first-order valence-electron chi connectivity index (χ1n) is 6.48. The zero-order valence-corrected chi connectivity index (χ0v) is 13.5. The van der Waals surface area contributed by atoms with E-state index in [0.29, 0.717) is 5.92 Å². The Balaban J connectivity index is 2.11. The molecule has 1 N–H and O–H groups in total. The lowest BCUT2D eigenvalue weighted by Gasteiger charge is -2.34. The SMILES string of the molecule is CCC[C@@](I)(Oc1ccc(Cl)cc1)C1CCNC1. The molecule has 1 heterocycles. The molecule has 2 nitrogen and oxygen atoms in total. The van der Waals surface area contributed by atoms with E-state index in [1.165, 1.54) is 6.42 Å². The van der Waals surface area contributed by atoms with Crippen LogP contribution in [0.4, 0.5) is 0 Å². The van der Waals surface area contributed by atoms with E-state index in [1.807, 2.05) is 24.3 Å². The Hall–Kier alpha value is -0.0000000000000000208. The average Bonchev–Trinajstić information content (AvgIpc) is 2.87. The summed E-state index contributed by atoms with van der Waals surface area (Å²) in [5, 5.41) is 4.17. The Labute approximate surface area is 128 Å². The normalized spacial score (nSPS) is 22.7. The van der Waals surface area contributed by atoms with Crippen LogP contribution in [0, 0.1) is 5.92 Å². The van der Waals surface area contributed by atoms with Crippen molar-refractivity contribution in [2.75, 3.05) is 13.1 Å². The maximum atomic E-state index is 6.27. The minimum atomic E-state index is -0.107. The molecule has 2 atom stereocenters. The first-order valence-corrected chi connectivity index (χ1v) is 7.94. The molecule has 0 aromatic heterocycles. The summed E-state index contributed by atoms with van der Waals surface area (Å²) >= 11 is 8.40. The van der Waals surface area contributed by atoms with Crippen molar-refractivity contribution in [1.29, 1.82) is 0 Å². The Morgan fingerprint density at radius 1 is 1.44 bits per heavy atom. The molecule has 18 heavy (non-hydrogen) atoms. The van der Waals surface area contributed by atoms with Gasteiger partial charge in [-0.25, -0.2) is 0 Å². The molecule has 0 saturated carbocycles. The fourth-order valence-electron chi connectivity index (χ4n) is 2.40. The number of benzene rings is 1. The number of ether oxygens (including phenoxy) is 1. The second kappa shape index (κ2) is 6.44. The van der Waals surface area contributed by atoms with Gasteiger partial charge in [-0.05, 0) is 66.2 Å². The van der Waals surface area contributed by atoms with Crippen molar-refractivity contribution in [2.45, 2.75) is 29.8 Å². The quantitative estimate of drug-likeness (QED) is 0.610. The standard InChI is InChI=1S/C14H19ClINO/c1-2-8-14(16,11-7-9-17-10-11)18-13-5-3-12(15)4-6-13/h3-6,11,17H,2,7-10H2,1H3/t11?,14-/m1/s1. The summed E-state index contributed by atoms with van der Waals surface area (Å²) in [4.78, 5) is 0. The minimum absolute atomic E-state index is 0.107. The number of rotatable bonds is 5. The molecule has 0 radical (unpaired) electrons. The zero-order chi connectivity index (χ0) is 13.0. The van der Waals surface area contributed by atoms with Crippen LogP contribution in [0.2, 0.25) is 5.02 Å². The molecule has 1 aliphatic rings. The lowest BCUT2D eigenvalue weighted by Crippen LogP contribution is -2.38. The van der Waals surface area contributed by atoms with Gasteiger partial charge in [0.2, 0.25) is 0 Å². The van der Waals surface area contributed by atoms with Crippen molar-refractivity contribution in [1.82, 2.24) is 5.32 Å². The highest BCUT2D eigenvalue weighted by molar-refractivity contribution is 14.1. The summed E-state index contributed by atoms with van der Waals surface area (Å²) in [6, 6.07) is 7.67. The molecule has 0 aliphatic carbocycles. The predicted molar refractivity (Wildman–Crippen MR) is 84.7 cm³/mol. The van der Waals surface area contributed by atoms with Crippen LogP contribution < -0.4 is 10.1 Å². The van der Waals surface area contributed by atoms with Gasteiger partial charge in [0, 0.05) is 17.5 Å². The highest BCUT2D eigenvalue weighted by atomic mass is 127. The summed E-state index contributed by atoms with van der Waals surface area (Å²) in [7, 11) is 0. The van der Waals surface area contributed by atoms with Gasteiger partial charge >= 0.3 is 0 Å². The second-order valence-corrected chi connectivity index (χ2v) is 7.04. The average molecular weight is 380 g/mol. The molecule has 4 heteroatoms. The van der Waals surface area contributed by atoms with Crippen LogP contribution in [0.15, 0.2) is 24.3 Å². The molecule has 1 aromatic rings. The van der Waals surface area contributed by atoms with Crippen molar-refractivity contribution in [3.05, 3.63) is 29.3 Å². The molecule has 1 aromatic carbocycles. The predicted octanol–water partition coefficient (Wildman–Crippen LogP) is 4.26. The van der Waals surface area contributed by atoms with E-state index < -0.39 is 0 Å². The van der Waals surface area contributed by atoms with E-state index in [4.69, 9.17) is 16.3 Å². The Kier molecular flexibility index (Phi) is 5.15. The largest absolute Gasteiger partial charge is 0.477 e. The molecule has 1 saturated heterocycles. The fourth-order valence-corrected chi connectivity index (χ4v) is 3.85. The van der Waals surface area contributed by atoms with E-state index in [0.717, 1.165) is 36.7 Å². The van der Waals surface area contributed by atoms with Crippen molar-refractivity contribution in [2.24, 2.45) is 5.92 Å². The van der Waals surface area contributed by atoms with Crippen molar-refractivity contribution < 1.29 is 4.74 Å². The molecule has 0 amide bonds. The van der Waals surface area contributed by atoms with E-state index in [2.05, 4.69) is 34.8 Å². The van der Waals surface area contributed by atoms with Gasteiger partial charge in [0.25, 0.3) is 0 Å². The summed E-state index contributed by atoms with van der Waals surface area (Å²) in [5.74, 6) is 1.49. The Morgan fingerprint density at radius 2 is 2.17 bits per heavy atom. The third kappa shape index (κ3) is 3.52. The monoisotopic (exact) mass is 379 g/mol. The van der Waals surface area contributed by atoms with Gasteiger partial charge in [-0.1, -0.05) is 24.9 Å². The van der Waals surface area contributed by atoms with Gasteiger partial charge in [0.1, 0.15) is 5.75 Å². The highest BCUT2D eigenvalue weighted by Gasteiger charge is 2.39. The molecule has 100 valence electrons. The summed E-state index contributed by atoms with van der Waals surface area (Å²) < 4.78 is 6.16. The number of hydrogen-bond donors (Lipinski definition) is 1. The van der Waals surface area contributed by atoms with Crippen LogP contribution in [-0.4, -0.2) is 16.7 Å². The van der Waals surface area contributed by atoms with Crippen molar-refractivity contribution in [3.63, 3.8) is 0 Å². The van der Waals surface area contributed by atoms with Gasteiger partial charge < -0.3 is 10.1 Å². The van der Waals surface area contributed by atoms with Crippen molar-refractivity contribution >= 4 is 34.2 Å². The lowest BCUT2D eigenvalue weighted by molar-refractivity contribution is 0.115. The van der Waals surface area contributed by atoms with E-state index >= 15 is 0 Å². The van der Waals surface area contributed by atoms with Gasteiger partial charge in [-0.3, -0.25) is 0 Å². The third-order valence-corrected chi connectivity index (χ3v) is 5.25. The molecule has 1 aliphatic heterocycles. The summed E-state index contributed by atoms with van der Waals surface area (Å²) in [6.07, 6.45) is 3.39. The summed E-state index contributed by atoms with van der Waals surface area (Å²) in [6.45, 7) is 4.36. The van der Waals surface area contributed by atoms with E-state index in [-0.39, 0.29) is 3.61 Å². The van der Waals surface area contributed by atoms with Crippen LogP contribution >= 0.6 is 34.2 Å². The molecule has 1 unspecified atom stereocenters. The van der Waals surface area contributed by atoms with Gasteiger partial charge in [0.05, 0.1) is 0 Å². The van der Waals surface area contributed by atoms with Crippen LogP contribution in [0.3, 0.4) is 0 Å². The van der Waals surface area contributed by atoms with Gasteiger partial charge in [-0.2, -0.15) is 0 Å². The van der Waals surface area contributed by atoms with Crippen LogP contribution in [0.1, 0.15) is 26.2 Å². The number of hydrogen-bond acceptors (Lipinski definition) is 2. The fraction of sp³-hybridized carbons (Fsp3) is 0.571. The Morgan fingerprint density at radius 3 is 2.72 bits per heavy atom. The number of nitrogens with one attached hydrogen (secondary N) is 1. The maximum Gasteiger partial charge on any atom is 0.163 e. The molecule has 1 fully saturated rings. The smallest absolute Gasteiger partial charge is 0.163 e.